The first kappa shape index (κ1) is 27.2. The number of hydrogen-bond acceptors (Lipinski definition) is 10. The molecule has 0 saturated carbocycles. The average Bonchev–Trinajstić information content (AvgIpc) is 3.49. The number of hydrogen-bond donors (Lipinski definition) is 5. The number of aromatic amines is 1. The summed E-state index contributed by atoms with van der Waals surface area (Å²) in [6, 6.07) is 0. The van der Waals surface area contributed by atoms with Crippen molar-refractivity contribution in [3.05, 3.63) is 51.3 Å². The molecule has 1 fully saturated rings. The highest BCUT2D eigenvalue weighted by molar-refractivity contribution is 5.91. The lowest BCUT2D eigenvalue weighted by atomic mass is 10.2. The zero-order chi connectivity index (χ0) is 27.1. The van der Waals surface area contributed by atoms with E-state index in [2.05, 4.69) is 37.5 Å². The van der Waals surface area contributed by atoms with E-state index >= 15 is 0 Å². The number of amides is 1. The van der Waals surface area contributed by atoms with Gasteiger partial charge in [0.05, 0.1) is 24.6 Å². The van der Waals surface area contributed by atoms with Crippen LogP contribution in [0, 0.1) is 0 Å². The molecule has 204 valence electrons. The number of H-pyrrole nitrogens is 1. The number of carbonyl (C=O) groups excluding carboxylic acids is 1. The first-order chi connectivity index (χ1) is 18.4. The molecule has 14 heteroatoms. The van der Waals surface area contributed by atoms with Crippen molar-refractivity contribution in [1.82, 2.24) is 34.4 Å². The molecular formula is C24H32N8O6. The van der Waals surface area contributed by atoms with E-state index in [1.165, 1.54) is 24.7 Å². The van der Waals surface area contributed by atoms with Gasteiger partial charge < -0.3 is 30.2 Å². The minimum Gasteiger partial charge on any atom is -0.394 e. The second-order valence-electron chi connectivity index (χ2n) is 8.96. The quantitative estimate of drug-likeness (QED) is 0.155. The predicted molar refractivity (Wildman–Crippen MR) is 138 cm³/mol. The van der Waals surface area contributed by atoms with Gasteiger partial charge in [0.2, 0.25) is 5.91 Å². The highest BCUT2D eigenvalue weighted by Crippen LogP contribution is 2.27. The topological polar surface area (TPSA) is 189 Å². The Labute approximate surface area is 217 Å². The Balaban J connectivity index is 1.31. The van der Waals surface area contributed by atoms with E-state index in [-0.39, 0.29) is 18.5 Å². The second-order valence-corrected chi connectivity index (χ2v) is 8.96. The number of rotatable bonds is 12. The number of nitrogens with one attached hydrogen (secondary N) is 3. The number of anilines is 1. The third kappa shape index (κ3) is 6.33. The zero-order valence-corrected chi connectivity index (χ0v) is 21.0. The van der Waals surface area contributed by atoms with Crippen LogP contribution in [-0.2, 0) is 16.1 Å². The first-order valence-electron chi connectivity index (χ1n) is 12.6. The van der Waals surface area contributed by atoms with Crippen LogP contribution in [-0.4, -0.2) is 77.1 Å². The Morgan fingerprint density at radius 3 is 2.87 bits per heavy atom. The van der Waals surface area contributed by atoms with Crippen molar-refractivity contribution in [1.29, 1.82) is 0 Å². The first-order valence-corrected chi connectivity index (χ1v) is 12.6. The van der Waals surface area contributed by atoms with Gasteiger partial charge >= 0.3 is 5.69 Å². The lowest BCUT2D eigenvalue weighted by Gasteiger charge is -2.14. The van der Waals surface area contributed by atoms with Gasteiger partial charge in [-0.25, -0.2) is 19.7 Å². The van der Waals surface area contributed by atoms with E-state index in [0.717, 1.165) is 36.0 Å². The number of aromatic nitrogens is 6. The Morgan fingerprint density at radius 1 is 1.26 bits per heavy atom. The molecule has 0 spiro atoms. The van der Waals surface area contributed by atoms with Crippen LogP contribution in [0.3, 0.4) is 0 Å². The van der Waals surface area contributed by atoms with Crippen LogP contribution >= 0.6 is 0 Å². The van der Waals surface area contributed by atoms with Crippen LogP contribution in [0.5, 0.6) is 0 Å². The molecule has 1 saturated heterocycles. The van der Waals surface area contributed by atoms with E-state index in [1.807, 2.05) is 4.57 Å². The smallest absolute Gasteiger partial charge is 0.330 e. The van der Waals surface area contributed by atoms with Gasteiger partial charge in [0.25, 0.3) is 5.56 Å². The maximum Gasteiger partial charge on any atom is 0.330 e. The van der Waals surface area contributed by atoms with Gasteiger partial charge in [-0.3, -0.25) is 19.1 Å². The molecule has 38 heavy (non-hydrogen) atoms. The Hall–Kier alpha value is -3.88. The molecule has 0 aromatic carbocycles. The molecule has 0 radical (unpaired) electrons. The molecule has 0 bridgehead atoms. The summed E-state index contributed by atoms with van der Waals surface area (Å²) in [5.74, 6) is 0.135. The number of fused-ring (bicyclic) bond motifs is 1. The van der Waals surface area contributed by atoms with Gasteiger partial charge in [-0.1, -0.05) is 19.8 Å². The minimum absolute atomic E-state index is 0.0568. The molecule has 4 rings (SSSR count). The van der Waals surface area contributed by atoms with Gasteiger partial charge in [-0.05, 0) is 12.5 Å². The van der Waals surface area contributed by atoms with Crippen molar-refractivity contribution >= 4 is 29.0 Å². The fourth-order valence-corrected chi connectivity index (χ4v) is 4.18. The Bertz CT molecular complexity index is 1400. The van der Waals surface area contributed by atoms with Crippen LogP contribution in [0.25, 0.3) is 17.2 Å². The number of nitrogens with zero attached hydrogens (tertiary/aromatic N) is 5. The molecule has 0 aliphatic carbocycles. The molecular weight excluding hydrogens is 496 g/mol. The second kappa shape index (κ2) is 12.6. The predicted octanol–water partition coefficient (Wildman–Crippen LogP) is -0.251. The summed E-state index contributed by atoms with van der Waals surface area (Å²) in [5, 5.41) is 25.0. The molecule has 4 heterocycles. The number of imidazole rings is 1. The van der Waals surface area contributed by atoms with Crippen molar-refractivity contribution in [2.45, 2.75) is 57.6 Å². The molecule has 5 N–H and O–H groups in total. The lowest BCUT2D eigenvalue weighted by molar-refractivity contribution is -0.116. The summed E-state index contributed by atoms with van der Waals surface area (Å²) in [5.41, 5.74) is 0.0793. The SMILES string of the molecule is CCCCCn1cnc2c(NCCNC(=O)/C=C/c3cn(C4CC(O)C(CO)O4)c(=O)[nH]c3=O)ncnc21. The number of aliphatic hydroxyl groups excluding tert-OH is 2. The third-order valence-corrected chi connectivity index (χ3v) is 6.22. The molecule has 1 aliphatic heterocycles. The number of ether oxygens (including phenoxy) is 1. The van der Waals surface area contributed by atoms with Crippen LogP contribution in [0.1, 0.15) is 44.4 Å². The van der Waals surface area contributed by atoms with Crippen LogP contribution in [0.15, 0.2) is 34.5 Å². The number of unbranched alkanes of at least 4 members (excludes halogenated alkanes) is 2. The monoisotopic (exact) mass is 528 g/mol. The van der Waals surface area contributed by atoms with Crippen molar-refractivity contribution < 1.29 is 19.7 Å². The van der Waals surface area contributed by atoms with Crippen molar-refractivity contribution in [3.8, 4) is 0 Å². The largest absolute Gasteiger partial charge is 0.394 e. The van der Waals surface area contributed by atoms with E-state index in [1.54, 1.807) is 6.33 Å². The molecule has 3 aromatic heterocycles. The number of carbonyl (C=O) groups is 1. The fourth-order valence-electron chi connectivity index (χ4n) is 4.18. The average molecular weight is 529 g/mol. The molecule has 3 atom stereocenters. The fraction of sp³-hybridized carbons (Fsp3) is 0.500. The van der Waals surface area contributed by atoms with Crippen LogP contribution in [0.4, 0.5) is 5.82 Å². The van der Waals surface area contributed by atoms with Gasteiger partial charge in [-0.15, -0.1) is 0 Å². The molecule has 1 amide bonds. The third-order valence-electron chi connectivity index (χ3n) is 6.22. The summed E-state index contributed by atoms with van der Waals surface area (Å²) >= 11 is 0. The van der Waals surface area contributed by atoms with Crippen molar-refractivity contribution in [2.24, 2.45) is 0 Å². The standard InChI is InChI=1S/C24H32N8O6/c1-2-3-4-9-31-14-29-20-21(27-13-28-22(20)31)26-8-7-25-18(35)6-5-15-11-32(24(37)30-23(15)36)19-10-16(34)17(12-33)38-19/h5-6,11,13-14,16-17,19,33-34H,2-4,7-10,12H2,1H3,(H,25,35)(H,26,27,28)(H,30,36,37)/b6-5+. The minimum atomic E-state index is -0.942. The van der Waals surface area contributed by atoms with E-state index in [0.29, 0.717) is 17.9 Å². The van der Waals surface area contributed by atoms with E-state index in [4.69, 9.17) is 4.74 Å². The summed E-state index contributed by atoms with van der Waals surface area (Å²) in [6.45, 7) is 3.24. The normalized spacial score (nSPS) is 19.4. The van der Waals surface area contributed by atoms with E-state index in [9.17, 15) is 24.6 Å². The van der Waals surface area contributed by atoms with Crippen LogP contribution in [0.2, 0.25) is 0 Å². The molecule has 3 aromatic rings. The lowest BCUT2D eigenvalue weighted by Crippen LogP contribution is -2.33. The highest BCUT2D eigenvalue weighted by Gasteiger charge is 2.35. The van der Waals surface area contributed by atoms with Gasteiger partial charge in [0.15, 0.2) is 11.5 Å². The molecule has 3 unspecified atom stereocenters. The number of aryl methyl sites for hydroxylation is 1. The summed E-state index contributed by atoms with van der Waals surface area (Å²) in [4.78, 5) is 51.9. The Morgan fingerprint density at radius 2 is 2.11 bits per heavy atom. The Kier molecular flexibility index (Phi) is 8.99. The molecule has 1 aliphatic rings. The summed E-state index contributed by atoms with van der Waals surface area (Å²) in [6.07, 6.45) is 7.71. The van der Waals surface area contributed by atoms with Crippen molar-refractivity contribution in [2.75, 3.05) is 25.0 Å². The zero-order valence-electron chi connectivity index (χ0n) is 21.0. The van der Waals surface area contributed by atoms with Crippen LogP contribution < -0.4 is 21.9 Å². The van der Waals surface area contributed by atoms with Crippen molar-refractivity contribution in [3.63, 3.8) is 0 Å². The summed E-state index contributed by atoms with van der Waals surface area (Å²) < 4.78 is 8.60. The maximum absolute atomic E-state index is 12.3. The van der Waals surface area contributed by atoms with Gasteiger partial charge in [-0.2, -0.15) is 0 Å². The van der Waals surface area contributed by atoms with E-state index < -0.39 is 42.2 Å². The molecule has 14 nitrogen and oxygen atoms in total. The van der Waals surface area contributed by atoms with Gasteiger partial charge in [0.1, 0.15) is 24.2 Å². The highest BCUT2D eigenvalue weighted by atomic mass is 16.5. The summed E-state index contributed by atoms with van der Waals surface area (Å²) in [7, 11) is 0. The van der Waals surface area contributed by atoms with Gasteiger partial charge in [0, 0.05) is 38.3 Å². The maximum atomic E-state index is 12.3. The number of aliphatic hydroxyl groups is 2.